The highest BCUT2D eigenvalue weighted by atomic mass is 35.5. The van der Waals surface area contributed by atoms with Crippen LogP contribution in [0.3, 0.4) is 0 Å². The monoisotopic (exact) mass is 377 g/mol. The van der Waals surface area contributed by atoms with Crippen molar-refractivity contribution in [3.8, 4) is 17.2 Å². The Morgan fingerprint density at radius 2 is 1.54 bits per heavy atom. The molecule has 0 unspecified atom stereocenters. The molecular formula is C19H24ClN3O3. The highest BCUT2D eigenvalue weighted by Crippen LogP contribution is 2.39. The maximum atomic E-state index is 6.18. The van der Waals surface area contributed by atoms with Gasteiger partial charge < -0.3 is 24.8 Å². The minimum Gasteiger partial charge on any atom is -0.493 e. The number of hydrogen-bond acceptors (Lipinski definition) is 4. The fourth-order valence-electron chi connectivity index (χ4n) is 2.52. The molecule has 2 aromatic carbocycles. The van der Waals surface area contributed by atoms with Crippen molar-refractivity contribution in [3.05, 3.63) is 52.5 Å². The number of nitrogens with one attached hydrogen (secondary N) is 2. The molecule has 0 fully saturated rings. The summed E-state index contributed by atoms with van der Waals surface area (Å²) in [5.41, 5.74) is 1.92. The fraction of sp³-hybridized carbons (Fsp3) is 0.316. The van der Waals surface area contributed by atoms with Gasteiger partial charge in [0, 0.05) is 30.7 Å². The summed E-state index contributed by atoms with van der Waals surface area (Å²) in [6.45, 7) is 1.08. The maximum absolute atomic E-state index is 6.18. The number of halogens is 1. The Bertz CT molecular complexity index is 766. The zero-order valence-electron chi connectivity index (χ0n) is 15.4. The van der Waals surface area contributed by atoms with Crippen molar-refractivity contribution in [2.45, 2.75) is 13.1 Å². The van der Waals surface area contributed by atoms with E-state index in [-0.39, 0.29) is 0 Å². The first-order chi connectivity index (χ1) is 12.6. The van der Waals surface area contributed by atoms with E-state index in [0.717, 1.165) is 16.1 Å². The van der Waals surface area contributed by atoms with Crippen molar-refractivity contribution in [3.63, 3.8) is 0 Å². The molecule has 0 bridgehead atoms. The normalized spacial score (nSPS) is 11.0. The van der Waals surface area contributed by atoms with Crippen LogP contribution in [0.1, 0.15) is 11.1 Å². The molecule has 7 heteroatoms. The first-order valence-corrected chi connectivity index (χ1v) is 8.48. The van der Waals surface area contributed by atoms with Gasteiger partial charge in [-0.2, -0.15) is 0 Å². The molecule has 0 heterocycles. The van der Waals surface area contributed by atoms with Gasteiger partial charge in [0.1, 0.15) is 0 Å². The van der Waals surface area contributed by atoms with Gasteiger partial charge in [-0.25, -0.2) is 0 Å². The van der Waals surface area contributed by atoms with Crippen molar-refractivity contribution in [1.29, 1.82) is 0 Å². The molecule has 26 heavy (non-hydrogen) atoms. The molecule has 0 aliphatic carbocycles. The summed E-state index contributed by atoms with van der Waals surface area (Å²) in [7, 11) is 6.50. The number of aliphatic imine (C=N–C) groups is 1. The largest absolute Gasteiger partial charge is 0.493 e. The third-order valence-electron chi connectivity index (χ3n) is 3.86. The number of ether oxygens (including phenoxy) is 3. The van der Waals surface area contributed by atoms with Gasteiger partial charge in [-0.15, -0.1) is 0 Å². The topological polar surface area (TPSA) is 64.1 Å². The molecule has 0 saturated heterocycles. The maximum Gasteiger partial charge on any atom is 0.203 e. The van der Waals surface area contributed by atoms with Crippen molar-refractivity contribution >= 4 is 17.6 Å². The standard InChI is InChI=1S/C19H24ClN3O3/c1-21-19(22-11-13-7-5-6-8-15(13)20)23-12-14-9-10-16(24-2)18(26-4)17(14)25-3/h5-10H,11-12H2,1-4H3,(H2,21,22,23). The molecule has 0 aromatic heterocycles. The Kier molecular flexibility index (Phi) is 7.41. The summed E-state index contributed by atoms with van der Waals surface area (Å²) < 4.78 is 16.2. The Balaban J connectivity index is 2.05. The van der Waals surface area contributed by atoms with Crippen LogP contribution in [0, 0.1) is 0 Å². The van der Waals surface area contributed by atoms with Crippen LogP contribution >= 0.6 is 11.6 Å². The summed E-state index contributed by atoms with van der Waals surface area (Å²) in [4.78, 5) is 4.23. The smallest absolute Gasteiger partial charge is 0.203 e. The summed E-state index contributed by atoms with van der Waals surface area (Å²) in [6.07, 6.45) is 0. The molecule has 0 aliphatic rings. The van der Waals surface area contributed by atoms with E-state index >= 15 is 0 Å². The highest BCUT2D eigenvalue weighted by molar-refractivity contribution is 6.31. The molecular weight excluding hydrogens is 354 g/mol. The number of hydrogen-bond donors (Lipinski definition) is 2. The van der Waals surface area contributed by atoms with Crippen LogP contribution in [0.5, 0.6) is 17.2 Å². The van der Waals surface area contributed by atoms with Gasteiger partial charge in [0.2, 0.25) is 5.75 Å². The summed E-state index contributed by atoms with van der Waals surface area (Å²) in [6, 6.07) is 11.5. The number of nitrogens with zero attached hydrogens (tertiary/aromatic N) is 1. The van der Waals surface area contributed by atoms with E-state index in [1.165, 1.54) is 0 Å². The van der Waals surface area contributed by atoms with Crippen molar-refractivity contribution in [2.75, 3.05) is 28.4 Å². The Morgan fingerprint density at radius 3 is 2.12 bits per heavy atom. The molecule has 6 nitrogen and oxygen atoms in total. The van der Waals surface area contributed by atoms with E-state index in [2.05, 4.69) is 15.6 Å². The van der Waals surface area contributed by atoms with Crippen LogP contribution in [0.15, 0.2) is 41.4 Å². The van der Waals surface area contributed by atoms with Gasteiger partial charge in [0.25, 0.3) is 0 Å². The fourth-order valence-corrected chi connectivity index (χ4v) is 2.73. The number of methoxy groups -OCH3 is 3. The second-order valence-electron chi connectivity index (χ2n) is 5.36. The van der Waals surface area contributed by atoms with E-state index in [1.807, 2.05) is 36.4 Å². The average molecular weight is 378 g/mol. The van der Waals surface area contributed by atoms with Crippen LogP contribution in [0.25, 0.3) is 0 Å². The SMILES string of the molecule is CN=C(NCc1ccccc1Cl)NCc1ccc(OC)c(OC)c1OC. The predicted octanol–water partition coefficient (Wildman–Crippen LogP) is 3.23. The molecule has 0 radical (unpaired) electrons. The molecule has 140 valence electrons. The Labute approximate surface area is 159 Å². The molecule has 0 aliphatic heterocycles. The van der Waals surface area contributed by atoms with Gasteiger partial charge >= 0.3 is 0 Å². The predicted molar refractivity (Wildman–Crippen MR) is 105 cm³/mol. The van der Waals surface area contributed by atoms with E-state index < -0.39 is 0 Å². The average Bonchev–Trinajstić information content (AvgIpc) is 2.68. The van der Waals surface area contributed by atoms with Crippen LogP contribution in [-0.2, 0) is 13.1 Å². The molecule has 2 rings (SSSR count). The van der Waals surface area contributed by atoms with E-state index in [1.54, 1.807) is 28.4 Å². The zero-order chi connectivity index (χ0) is 18.9. The van der Waals surface area contributed by atoms with E-state index in [4.69, 9.17) is 25.8 Å². The van der Waals surface area contributed by atoms with Gasteiger partial charge in [0.15, 0.2) is 17.5 Å². The van der Waals surface area contributed by atoms with Gasteiger partial charge in [0.05, 0.1) is 21.3 Å². The third-order valence-corrected chi connectivity index (χ3v) is 4.23. The second kappa shape index (κ2) is 9.77. The van der Waals surface area contributed by atoms with Crippen molar-refractivity contribution < 1.29 is 14.2 Å². The van der Waals surface area contributed by atoms with E-state index in [0.29, 0.717) is 36.3 Å². The number of guanidine groups is 1. The lowest BCUT2D eigenvalue weighted by molar-refractivity contribution is 0.322. The lowest BCUT2D eigenvalue weighted by atomic mass is 10.1. The van der Waals surface area contributed by atoms with Crippen LogP contribution in [-0.4, -0.2) is 34.3 Å². The summed E-state index contributed by atoms with van der Waals surface area (Å²) in [5.74, 6) is 2.46. The third kappa shape index (κ3) is 4.73. The van der Waals surface area contributed by atoms with Gasteiger partial charge in [-0.1, -0.05) is 29.8 Å². The van der Waals surface area contributed by atoms with Crippen LogP contribution in [0.2, 0.25) is 5.02 Å². The Morgan fingerprint density at radius 1 is 0.885 bits per heavy atom. The van der Waals surface area contributed by atoms with Crippen LogP contribution in [0.4, 0.5) is 0 Å². The van der Waals surface area contributed by atoms with Gasteiger partial charge in [-0.05, 0) is 23.8 Å². The molecule has 0 atom stereocenters. The lowest BCUT2D eigenvalue weighted by Gasteiger charge is -2.17. The molecule has 0 saturated carbocycles. The molecule has 0 spiro atoms. The Hall–Kier alpha value is -2.60. The van der Waals surface area contributed by atoms with Crippen LogP contribution < -0.4 is 24.8 Å². The number of benzene rings is 2. The van der Waals surface area contributed by atoms with Crippen molar-refractivity contribution in [2.24, 2.45) is 4.99 Å². The summed E-state index contributed by atoms with van der Waals surface area (Å²) >= 11 is 6.18. The van der Waals surface area contributed by atoms with Crippen molar-refractivity contribution in [1.82, 2.24) is 10.6 Å². The minimum absolute atomic E-state index is 0.506. The quantitative estimate of drug-likeness (QED) is 0.573. The zero-order valence-corrected chi connectivity index (χ0v) is 16.2. The van der Waals surface area contributed by atoms with E-state index in [9.17, 15) is 0 Å². The number of rotatable bonds is 7. The second-order valence-corrected chi connectivity index (χ2v) is 5.77. The minimum atomic E-state index is 0.506. The first-order valence-electron chi connectivity index (χ1n) is 8.10. The highest BCUT2D eigenvalue weighted by Gasteiger charge is 2.15. The molecule has 0 amide bonds. The molecule has 2 N–H and O–H groups in total. The first kappa shape index (κ1) is 19.7. The summed E-state index contributed by atoms with van der Waals surface area (Å²) in [5, 5.41) is 7.22. The lowest BCUT2D eigenvalue weighted by Crippen LogP contribution is -2.36. The molecule has 2 aromatic rings. The van der Waals surface area contributed by atoms with Gasteiger partial charge in [-0.3, -0.25) is 4.99 Å².